The van der Waals surface area contributed by atoms with Gasteiger partial charge in [0.05, 0.1) is 24.4 Å². The number of aryl methyl sites for hydroxylation is 1. The van der Waals surface area contributed by atoms with E-state index in [-0.39, 0.29) is 0 Å². The topological polar surface area (TPSA) is 38.1 Å². The summed E-state index contributed by atoms with van der Waals surface area (Å²) in [7, 11) is 0. The van der Waals surface area contributed by atoms with E-state index < -0.39 is 0 Å². The molecule has 3 nitrogen and oxygen atoms in total. The molecule has 14 heavy (non-hydrogen) atoms. The van der Waals surface area contributed by atoms with Crippen LogP contribution in [-0.4, -0.2) is 4.98 Å². The zero-order valence-electron chi connectivity index (χ0n) is 8.03. The van der Waals surface area contributed by atoms with Gasteiger partial charge in [0, 0.05) is 18.3 Å². The van der Waals surface area contributed by atoms with Crippen molar-refractivity contribution in [1.29, 1.82) is 0 Å². The summed E-state index contributed by atoms with van der Waals surface area (Å²) in [5.74, 6) is 0. The van der Waals surface area contributed by atoms with Crippen molar-refractivity contribution in [2.75, 3.05) is 5.32 Å². The van der Waals surface area contributed by atoms with Crippen LogP contribution in [0.2, 0.25) is 0 Å². The number of aromatic nitrogens is 1. The van der Waals surface area contributed by atoms with Crippen LogP contribution in [0.5, 0.6) is 0 Å². The van der Waals surface area contributed by atoms with Crippen molar-refractivity contribution in [2.45, 2.75) is 13.5 Å². The summed E-state index contributed by atoms with van der Waals surface area (Å²) in [6, 6.07) is 3.93. The minimum Gasteiger partial charge on any atom is -0.472 e. The van der Waals surface area contributed by atoms with Crippen molar-refractivity contribution in [2.24, 2.45) is 0 Å². The normalized spacial score (nSPS) is 10.1. The van der Waals surface area contributed by atoms with Crippen molar-refractivity contribution in [3.8, 4) is 0 Å². The molecule has 0 amide bonds. The number of nitrogens with zero attached hydrogens (tertiary/aromatic N) is 1. The first-order valence-corrected chi connectivity index (χ1v) is 4.52. The second-order valence-corrected chi connectivity index (χ2v) is 3.18. The van der Waals surface area contributed by atoms with E-state index in [9.17, 15) is 0 Å². The molecule has 3 heteroatoms. The van der Waals surface area contributed by atoms with Crippen LogP contribution in [0.4, 0.5) is 5.69 Å². The zero-order valence-corrected chi connectivity index (χ0v) is 8.03. The standard InChI is InChI=1S/C11H12N2O/c1-9-2-4-12-7-11(9)13-6-10-3-5-14-8-10/h2-5,7-8,13H,6H2,1H3. The third kappa shape index (κ3) is 1.93. The first-order valence-electron chi connectivity index (χ1n) is 4.52. The Labute approximate surface area is 82.8 Å². The maximum Gasteiger partial charge on any atom is 0.0952 e. The van der Waals surface area contributed by atoms with Crippen LogP contribution in [0.1, 0.15) is 11.1 Å². The molecule has 0 unspecified atom stereocenters. The first-order chi connectivity index (χ1) is 6.86. The second kappa shape index (κ2) is 3.96. The molecule has 0 saturated carbocycles. The van der Waals surface area contributed by atoms with Crippen molar-refractivity contribution >= 4 is 5.69 Å². The zero-order chi connectivity index (χ0) is 9.80. The molecular weight excluding hydrogens is 176 g/mol. The molecule has 2 aromatic rings. The average Bonchev–Trinajstić information content (AvgIpc) is 2.69. The summed E-state index contributed by atoms with van der Waals surface area (Å²) in [4.78, 5) is 4.06. The molecule has 0 bridgehead atoms. The van der Waals surface area contributed by atoms with Gasteiger partial charge in [-0.25, -0.2) is 0 Å². The van der Waals surface area contributed by atoms with Crippen LogP contribution in [0.3, 0.4) is 0 Å². The van der Waals surface area contributed by atoms with Crippen LogP contribution < -0.4 is 5.32 Å². The van der Waals surface area contributed by atoms with E-state index in [4.69, 9.17) is 4.42 Å². The Kier molecular flexibility index (Phi) is 2.49. The first kappa shape index (κ1) is 8.81. The molecule has 0 saturated heterocycles. The van der Waals surface area contributed by atoms with E-state index in [1.807, 2.05) is 18.3 Å². The highest BCUT2D eigenvalue weighted by Gasteiger charge is 1.97. The van der Waals surface area contributed by atoms with Gasteiger partial charge >= 0.3 is 0 Å². The van der Waals surface area contributed by atoms with E-state index in [1.54, 1.807) is 18.7 Å². The van der Waals surface area contributed by atoms with Crippen molar-refractivity contribution < 1.29 is 4.42 Å². The van der Waals surface area contributed by atoms with Gasteiger partial charge in [-0.15, -0.1) is 0 Å². The number of furan rings is 1. The average molecular weight is 188 g/mol. The molecule has 0 aromatic carbocycles. The van der Waals surface area contributed by atoms with E-state index in [1.165, 1.54) is 5.56 Å². The summed E-state index contributed by atoms with van der Waals surface area (Å²) in [5, 5.41) is 3.29. The summed E-state index contributed by atoms with van der Waals surface area (Å²) in [6.07, 6.45) is 7.03. The lowest BCUT2D eigenvalue weighted by Crippen LogP contribution is -2.00. The Morgan fingerprint density at radius 2 is 2.36 bits per heavy atom. The fraction of sp³-hybridized carbons (Fsp3) is 0.182. The van der Waals surface area contributed by atoms with Crippen molar-refractivity contribution in [1.82, 2.24) is 4.98 Å². The summed E-state index contributed by atoms with van der Waals surface area (Å²) in [6.45, 7) is 2.82. The summed E-state index contributed by atoms with van der Waals surface area (Å²) in [5.41, 5.74) is 3.39. The Morgan fingerprint density at radius 1 is 1.43 bits per heavy atom. The lowest BCUT2D eigenvalue weighted by Gasteiger charge is -2.06. The van der Waals surface area contributed by atoms with Crippen LogP contribution >= 0.6 is 0 Å². The Bertz CT molecular complexity index is 395. The van der Waals surface area contributed by atoms with E-state index in [0.717, 1.165) is 17.8 Å². The predicted molar refractivity (Wildman–Crippen MR) is 55.0 cm³/mol. The Hall–Kier alpha value is -1.77. The van der Waals surface area contributed by atoms with Gasteiger partial charge in [-0.05, 0) is 24.6 Å². The number of pyridine rings is 1. The molecule has 1 N–H and O–H groups in total. The molecule has 2 rings (SSSR count). The molecule has 0 atom stereocenters. The van der Waals surface area contributed by atoms with Gasteiger partial charge < -0.3 is 9.73 Å². The molecule has 0 aliphatic rings. The van der Waals surface area contributed by atoms with Gasteiger partial charge in [0.15, 0.2) is 0 Å². The maximum atomic E-state index is 4.98. The number of nitrogens with one attached hydrogen (secondary N) is 1. The third-order valence-corrected chi connectivity index (χ3v) is 2.10. The highest BCUT2D eigenvalue weighted by atomic mass is 16.3. The van der Waals surface area contributed by atoms with Gasteiger partial charge in [-0.3, -0.25) is 4.98 Å². The van der Waals surface area contributed by atoms with Crippen molar-refractivity contribution in [3.63, 3.8) is 0 Å². The van der Waals surface area contributed by atoms with E-state index >= 15 is 0 Å². The highest BCUT2D eigenvalue weighted by Crippen LogP contribution is 2.12. The SMILES string of the molecule is Cc1ccncc1NCc1ccoc1. The van der Waals surface area contributed by atoms with Crippen LogP contribution in [0.15, 0.2) is 41.5 Å². The summed E-state index contributed by atoms with van der Waals surface area (Å²) >= 11 is 0. The lowest BCUT2D eigenvalue weighted by molar-refractivity contribution is 0.564. The number of hydrogen-bond acceptors (Lipinski definition) is 3. The van der Waals surface area contributed by atoms with E-state index in [2.05, 4.69) is 17.2 Å². The minimum atomic E-state index is 0.767. The second-order valence-electron chi connectivity index (χ2n) is 3.18. The smallest absolute Gasteiger partial charge is 0.0952 e. The van der Waals surface area contributed by atoms with Gasteiger partial charge in [0.1, 0.15) is 0 Å². The molecule has 2 heterocycles. The predicted octanol–water partition coefficient (Wildman–Crippen LogP) is 2.60. The maximum absolute atomic E-state index is 4.98. The number of anilines is 1. The van der Waals surface area contributed by atoms with Gasteiger partial charge in [0.25, 0.3) is 0 Å². The molecule has 2 aromatic heterocycles. The Balaban J connectivity index is 2.02. The molecule has 0 fully saturated rings. The monoisotopic (exact) mass is 188 g/mol. The largest absolute Gasteiger partial charge is 0.472 e. The fourth-order valence-corrected chi connectivity index (χ4v) is 1.24. The van der Waals surface area contributed by atoms with Crippen LogP contribution in [-0.2, 0) is 6.54 Å². The van der Waals surface area contributed by atoms with Crippen LogP contribution in [0, 0.1) is 6.92 Å². The highest BCUT2D eigenvalue weighted by molar-refractivity contribution is 5.48. The van der Waals surface area contributed by atoms with E-state index in [0.29, 0.717) is 0 Å². The fourth-order valence-electron chi connectivity index (χ4n) is 1.24. The molecule has 0 radical (unpaired) electrons. The van der Waals surface area contributed by atoms with Crippen molar-refractivity contribution in [3.05, 3.63) is 48.2 Å². The molecular formula is C11H12N2O. The third-order valence-electron chi connectivity index (χ3n) is 2.10. The molecule has 72 valence electrons. The quantitative estimate of drug-likeness (QED) is 0.804. The van der Waals surface area contributed by atoms with Gasteiger partial charge in [-0.1, -0.05) is 0 Å². The van der Waals surface area contributed by atoms with Gasteiger partial charge in [-0.2, -0.15) is 0 Å². The number of hydrogen-bond donors (Lipinski definition) is 1. The lowest BCUT2D eigenvalue weighted by atomic mass is 10.2. The molecule has 0 aliphatic carbocycles. The van der Waals surface area contributed by atoms with Gasteiger partial charge in [0.2, 0.25) is 0 Å². The molecule has 0 aliphatic heterocycles. The minimum absolute atomic E-state index is 0.767. The molecule has 0 spiro atoms. The van der Waals surface area contributed by atoms with Crippen LogP contribution in [0.25, 0.3) is 0 Å². The Morgan fingerprint density at radius 3 is 3.07 bits per heavy atom. The number of rotatable bonds is 3. The summed E-state index contributed by atoms with van der Waals surface area (Å²) < 4.78 is 4.98.